The van der Waals surface area contributed by atoms with Crippen molar-refractivity contribution in [3.63, 3.8) is 0 Å². The molecule has 1 spiro atoms. The van der Waals surface area contributed by atoms with Crippen LogP contribution in [0.2, 0.25) is 0 Å². The van der Waals surface area contributed by atoms with E-state index in [1.54, 1.807) is 11.9 Å². The smallest absolute Gasteiger partial charge is 0.247 e. The van der Waals surface area contributed by atoms with Crippen molar-refractivity contribution >= 4 is 11.6 Å². The van der Waals surface area contributed by atoms with Crippen LogP contribution in [0.15, 0.2) is 35.7 Å². The van der Waals surface area contributed by atoms with Crippen molar-refractivity contribution in [3.8, 4) is 11.9 Å². The average Bonchev–Trinajstić information content (AvgIpc) is 3.14. The van der Waals surface area contributed by atoms with Gasteiger partial charge in [0.25, 0.3) is 0 Å². The number of likely N-dealkylation sites (N-methyl/N-ethyl adjacent to an activating group) is 1. The fourth-order valence-electron chi connectivity index (χ4n) is 4.00. The summed E-state index contributed by atoms with van der Waals surface area (Å²) in [5, 5.41) is 17.1. The van der Waals surface area contributed by atoms with Crippen molar-refractivity contribution in [2.24, 2.45) is 5.73 Å². The van der Waals surface area contributed by atoms with Crippen LogP contribution >= 0.6 is 0 Å². The van der Waals surface area contributed by atoms with Gasteiger partial charge < -0.3 is 15.4 Å². The summed E-state index contributed by atoms with van der Waals surface area (Å²) in [5.41, 5.74) is 7.75. The number of unbranched alkanes of at least 4 members (excludes halogenated alkanes) is 1. The first-order valence-corrected chi connectivity index (χ1v) is 8.60. The Bertz CT molecular complexity index is 984. The zero-order chi connectivity index (χ0) is 18.5. The number of aromatic amines is 1. The summed E-state index contributed by atoms with van der Waals surface area (Å²) in [6.07, 6.45) is 2.63. The molecule has 0 saturated carbocycles. The van der Waals surface area contributed by atoms with Crippen molar-refractivity contribution in [1.82, 2.24) is 10.2 Å². The Balaban J connectivity index is 2.09. The summed E-state index contributed by atoms with van der Waals surface area (Å²) in [7, 11) is 1.71. The topological polar surface area (TPSA) is 108 Å². The average molecular weight is 349 g/mol. The number of para-hydroxylation sites is 1. The van der Waals surface area contributed by atoms with E-state index in [1.165, 1.54) is 0 Å². The van der Waals surface area contributed by atoms with Gasteiger partial charge in [0.05, 0.1) is 5.56 Å². The monoisotopic (exact) mass is 349 g/mol. The van der Waals surface area contributed by atoms with Crippen LogP contribution in [0, 0.1) is 11.3 Å². The summed E-state index contributed by atoms with van der Waals surface area (Å²) < 4.78 is 5.60. The van der Waals surface area contributed by atoms with E-state index in [9.17, 15) is 10.1 Å². The molecule has 7 heteroatoms. The molecule has 0 radical (unpaired) electrons. The molecule has 2 aliphatic heterocycles. The minimum atomic E-state index is -1.31. The number of carbonyl (C=O) groups excluding carboxylic acids is 1. The predicted molar refractivity (Wildman–Crippen MR) is 95.3 cm³/mol. The molecule has 0 bridgehead atoms. The van der Waals surface area contributed by atoms with Gasteiger partial charge in [-0.3, -0.25) is 9.89 Å². The third kappa shape index (κ3) is 1.81. The Labute approximate surface area is 151 Å². The molecule has 0 saturated heterocycles. The SMILES string of the molecule is CCCCc1[nH]nc2c1C1(C(=O)N(C)c3ccccc31)C(C#N)=C(N)O2. The highest BCUT2D eigenvalue weighted by atomic mass is 16.5. The molecule has 1 aromatic heterocycles. The molecule has 0 fully saturated rings. The van der Waals surface area contributed by atoms with E-state index in [2.05, 4.69) is 23.2 Å². The highest BCUT2D eigenvalue weighted by molar-refractivity contribution is 6.14. The van der Waals surface area contributed by atoms with Crippen molar-refractivity contribution in [3.05, 3.63) is 52.5 Å². The quantitative estimate of drug-likeness (QED) is 0.882. The fourth-order valence-corrected chi connectivity index (χ4v) is 4.00. The molecule has 26 heavy (non-hydrogen) atoms. The highest BCUT2D eigenvalue weighted by Crippen LogP contribution is 2.55. The van der Waals surface area contributed by atoms with E-state index in [4.69, 9.17) is 10.5 Å². The lowest BCUT2D eigenvalue weighted by Crippen LogP contribution is -2.45. The zero-order valence-electron chi connectivity index (χ0n) is 14.7. The second kappa shape index (κ2) is 5.63. The third-order valence-corrected chi connectivity index (χ3v) is 5.20. The summed E-state index contributed by atoms with van der Waals surface area (Å²) in [6.45, 7) is 2.09. The van der Waals surface area contributed by atoms with Crippen LogP contribution in [0.1, 0.15) is 36.6 Å². The molecule has 1 amide bonds. The standard InChI is InChI=1S/C19H19N5O2/c1-3-4-8-13-15-17(23-22-13)26-16(21)12(10-20)19(15)11-7-5-6-9-14(11)24(2)18(19)25/h5-7,9H,3-4,8,21H2,1-2H3,(H,22,23). The number of aromatic nitrogens is 2. The Morgan fingerprint density at radius 2 is 2.19 bits per heavy atom. The number of nitrogens with one attached hydrogen (secondary N) is 1. The van der Waals surface area contributed by atoms with E-state index >= 15 is 0 Å². The second-order valence-electron chi connectivity index (χ2n) is 6.57. The molecule has 1 unspecified atom stereocenters. The van der Waals surface area contributed by atoms with E-state index in [0.717, 1.165) is 29.8 Å². The number of hydrogen-bond donors (Lipinski definition) is 2. The van der Waals surface area contributed by atoms with Gasteiger partial charge in [0.15, 0.2) is 0 Å². The highest BCUT2D eigenvalue weighted by Gasteiger charge is 2.60. The first kappa shape index (κ1) is 16.2. The Hall–Kier alpha value is -3.27. The van der Waals surface area contributed by atoms with Crippen LogP contribution in [-0.2, 0) is 16.6 Å². The van der Waals surface area contributed by atoms with E-state index < -0.39 is 5.41 Å². The predicted octanol–water partition coefficient (Wildman–Crippen LogP) is 2.10. The number of benzene rings is 1. The van der Waals surface area contributed by atoms with Crippen LogP contribution in [0.5, 0.6) is 5.88 Å². The number of H-pyrrole nitrogens is 1. The lowest BCUT2D eigenvalue weighted by molar-refractivity contribution is -0.120. The molecule has 2 aliphatic rings. The minimum absolute atomic E-state index is 0.0769. The Morgan fingerprint density at radius 1 is 1.42 bits per heavy atom. The summed E-state index contributed by atoms with van der Waals surface area (Å²) in [6, 6.07) is 9.60. The van der Waals surface area contributed by atoms with Gasteiger partial charge in [-0.1, -0.05) is 31.5 Å². The lowest BCUT2D eigenvalue weighted by Gasteiger charge is -2.32. The number of aryl methyl sites for hydroxylation is 1. The van der Waals surface area contributed by atoms with E-state index in [1.807, 2.05) is 24.3 Å². The van der Waals surface area contributed by atoms with Gasteiger partial charge in [0.1, 0.15) is 17.1 Å². The lowest BCUT2D eigenvalue weighted by atomic mass is 9.68. The Kier molecular flexibility index (Phi) is 3.51. The number of hydrogen-bond acceptors (Lipinski definition) is 5. The van der Waals surface area contributed by atoms with Gasteiger partial charge in [0, 0.05) is 24.0 Å². The molecule has 2 aromatic rings. The minimum Gasteiger partial charge on any atom is -0.420 e. The summed E-state index contributed by atoms with van der Waals surface area (Å²) in [4.78, 5) is 15.1. The third-order valence-electron chi connectivity index (χ3n) is 5.20. The molecule has 3 heterocycles. The Morgan fingerprint density at radius 3 is 2.92 bits per heavy atom. The van der Waals surface area contributed by atoms with Gasteiger partial charge in [0.2, 0.25) is 17.7 Å². The number of nitrogens with two attached hydrogens (primary N) is 1. The summed E-state index contributed by atoms with van der Waals surface area (Å²) in [5.74, 6) is -0.0278. The van der Waals surface area contributed by atoms with Crippen LogP contribution in [0.3, 0.4) is 0 Å². The number of ether oxygens (including phenoxy) is 1. The van der Waals surface area contributed by atoms with E-state index in [0.29, 0.717) is 12.0 Å². The van der Waals surface area contributed by atoms with Crippen LogP contribution in [0.4, 0.5) is 5.69 Å². The van der Waals surface area contributed by atoms with Gasteiger partial charge >= 0.3 is 0 Å². The number of fused-ring (bicyclic) bond motifs is 4. The molecular formula is C19H19N5O2. The first-order valence-electron chi connectivity index (χ1n) is 8.60. The molecule has 3 N–H and O–H groups in total. The first-order chi connectivity index (χ1) is 12.6. The maximum Gasteiger partial charge on any atom is 0.247 e. The second-order valence-corrected chi connectivity index (χ2v) is 6.57. The number of amides is 1. The van der Waals surface area contributed by atoms with Crippen LogP contribution in [0.25, 0.3) is 0 Å². The molecule has 1 aromatic carbocycles. The number of rotatable bonds is 3. The van der Waals surface area contributed by atoms with Crippen LogP contribution in [-0.4, -0.2) is 23.2 Å². The van der Waals surface area contributed by atoms with Gasteiger partial charge in [-0.25, -0.2) is 0 Å². The molecule has 4 rings (SSSR count). The van der Waals surface area contributed by atoms with Crippen molar-refractivity contribution in [1.29, 1.82) is 5.26 Å². The van der Waals surface area contributed by atoms with Crippen LogP contribution < -0.4 is 15.4 Å². The maximum atomic E-state index is 13.5. The van der Waals surface area contributed by atoms with E-state index in [-0.39, 0.29) is 23.2 Å². The molecular weight excluding hydrogens is 330 g/mol. The summed E-state index contributed by atoms with van der Waals surface area (Å²) >= 11 is 0. The van der Waals surface area contributed by atoms with Gasteiger partial charge in [-0.15, -0.1) is 5.10 Å². The zero-order valence-corrected chi connectivity index (χ0v) is 14.7. The van der Waals surface area contributed by atoms with Gasteiger partial charge in [-0.2, -0.15) is 5.26 Å². The van der Waals surface area contributed by atoms with Crippen molar-refractivity contribution in [2.75, 3.05) is 11.9 Å². The molecule has 0 aliphatic carbocycles. The number of nitrogens with zero attached hydrogens (tertiary/aromatic N) is 3. The van der Waals surface area contributed by atoms with Gasteiger partial charge in [-0.05, 0) is 18.9 Å². The number of carbonyl (C=O) groups is 1. The maximum absolute atomic E-state index is 13.5. The molecule has 7 nitrogen and oxygen atoms in total. The molecule has 132 valence electrons. The number of nitriles is 1. The normalized spacial score (nSPS) is 20.8. The molecule has 1 atom stereocenters. The van der Waals surface area contributed by atoms with Crippen molar-refractivity contribution < 1.29 is 9.53 Å². The largest absolute Gasteiger partial charge is 0.420 e. The number of anilines is 1. The fraction of sp³-hybridized carbons (Fsp3) is 0.316. The van der Waals surface area contributed by atoms with Crippen molar-refractivity contribution in [2.45, 2.75) is 31.6 Å².